The zero-order valence-corrected chi connectivity index (χ0v) is 12.8. The number of rotatable bonds is 6. The minimum absolute atomic E-state index is 0.00707. The molecule has 1 aromatic heterocycles. The lowest BCUT2D eigenvalue weighted by Crippen LogP contribution is -2.35. The molecule has 104 valence electrons. The highest BCUT2D eigenvalue weighted by Crippen LogP contribution is 2.14. The van der Waals surface area contributed by atoms with Crippen molar-refractivity contribution in [3.05, 3.63) is 16.1 Å². The summed E-state index contributed by atoms with van der Waals surface area (Å²) in [6, 6.07) is 0. The minimum atomic E-state index is -3.03. The van der Waals surface area contributed by atoms with E-state index in [1.54, 1.807) is 13.8 Å². The molecule has 0 saturated heterocycles. The number of sulfone groups is 1. The topological polar surface area (TPSA) is 70.5 Å². The summed E-state index contributed by atoms with van der Waals surface area (Å²) in [5.74, 6) is -0.00707. The lowest BCUT2D eigenvalue weighted by Gasteiger charge is -2.24. The second-order valence-corrected chi connectivity index (χ2v) is 8.37. The summed E-state index contributed by atoms with van der Waals surface area (Å²) in [6.07, 6.45) is 1.20. The van der Waals surface area contributed by atoms with Crippen molar-refractivity contribution < 1.29 is 13.5 Å². The van der Waals surface area contributed by atoms with Crippen LogP contribution in [-0.4, -0.2) is 48.9 Å². The van der Waals surface area contributed by atoms with Gasteiger partial charge in [0.15, 0.2) is 9.84 Å². The Morgan fingerprint density at radius 3 is 2.61 bits per heavy atom. The van der Waals surface area contributed by atoms with Crippen LogP contribution in [-0.2, 0) is 22.1 Å². The first kappa shape index (κ1) is 15.6. The molecule has 0 spiro atoms. The largest absolute Gasteiger partial charge is 0.389 e. The molecule has 0 aromatic carbocycles. The quantitative estimate of drug-likeness (QED) is 0.843. The van der Waals surface area contributed by atoms with E-state index in [9.17, 15) is 13.5 Å². The number of hydrogen-bond acceptors (Lipinski definition) is 6. The van der Waals surface area contributed by atoms with Gasteiger partial charge < -0.3 is 5.11 Å². The maximum atomic E-state index is 11.1. The Bertz CT molecular complexity index is 489. The molecule has 18 heavy (non-hydrogen) atoms. The van der Waals surface area contributed by atoms with Gasteiger partial charge in [-0.2, -0.15) is 0 Å². The van der Waals surface area contributed by atoms with Crippen molar-refractivity contribution in [2.45, 2.75) is 31.7 Å². The Hall–Kier alpha value is -0.500. The van der Waals surface area contributed by atoms with E-state index < -0.39 is 15.4 Å². The molecule has 1 aromatic rings. The fourth-order valence-corrected chi connectivity index (χ4v) is 3.70. The summed E-state index contributed by atoms with van der Waals surface area (Å²) < 4.78 is 22.3. The van der Waals surface area contributed by atoms with Crippen molar-refractivity contribution in [1.82, 2.24) is 9.88 Å². The molecule has 1 heterocycles. The van der Waals surface area contributed by atoms with Crippen LogP contribution in [0, 0.1) is 0 Å². The molecule has 0 aliphatic heterocycles. The SMILES string of the molecule is CN(Cc1csc(CS(C)(=O)=O)n1)CC(C)(C)O. The summed E-state index contributed by atoms with van der Waals surface area (Å²) in [4.78, 5) is 6.24. The molecule has 0 bridgehead atoms. The van der Waals surface area contributed by atoms with E-state index >= 15 is 0 Å². The highest BCUT2D eigenvalue weighted by Gasteiger charge is 2.16. The van der Waals surface area contributed by atoms with E-state index in [-0.39, 0.29) is 5.75 Å². The normalized spacial score (nSPS) is 13.2. The van der Waals surface area contributed by atoms with E-state index in [0.717, 1.165) is 5.69 Å². The van der Waals surface area contributed by atoms with Gasteiger partial charge in [0.1, 0.15) is 10.8 Å². The van der Waals surface area contributed by atoms with Crippen LogP contribution in [0.2, 0.25) is 0 Å². The Morgan fingerprint density at radius 1 is 1.50 bits per heavy atom. The van der Waals surface area contributed by atoms with E-state index in [1.165, 1.54) is 17.6 Å². The average Bonchev–Trinajstić information content (AvgIpc) is 2.44. The van der Waals surface area contributed by atoms with E-state index in [0.29, 0.717) is 18.1 Å². The van der Waals surface area contributed by atoms with E-state index in [2.05, 4.69) is 4.98 Å². The summed E-state index contributed by atoms with van der Waals surface area (Å²) >= 11 is 1.36. The lowest BCUT2D eigenvalue weighted by atomic mass is 10.1. The molecular weight excluding hydrogens is 272 g/mol. The highest BCUT2D eigenvalue weighted by molar-refractivity contribution is 7.90. The minimum Gasteiger partial charge on any atom is -0.389 e. The van der Waals surface area contributed by atoms with Crippen LogP contribution in [0.3, 0.4) is 0 Å². The molecule has 0 aliphatic rings. The van der Waals surface area contributed by atoms with Crippen LogP contribution in [0.1, 0.15) is 24.5 Å². The number of aromatic nitrogens is 1. The summed E-state index contributed by atoms with van der Waals surface area (Å²) in [5, 5.41) is 12.2. The third-order valence-electron chi connectivity index (χ3n) is 2.07. The van der Waals surface area contributed by atoms with Crippen LogP contribution in [0.15, 0.2) is 5.38 Å². The van der Waals surface area contributed by atoms with Gasteiger partial charge in [-0.1, -0.05) is 0 Å². The number of thiazole rings is 1. The summed E-state index contributed by atoms with van der Waals surface area (Å²) in [7, 11) is -1.13. The number of nitrogens with zero attached hydrogens (tertiary/aromatic N) is 2. The first-order chi connectivity index (χ1) is 8.05. The second kappa shape index (κ2) is 5.64. The third kappa shape index (κ3) is 6.44. The molecule has 0 radical (unpaired) electrons. The van der Waals surface area contributed by atoms with Crippen molar-refractivity contribution in [2.24, 2.45) is 0 Å². The zero-order valence-electron chi connectivity index (χ0n) is 11.2. The Labute approximate surface area is 112 Å². The average molecular weight is 292 g/mol. The van der Waals surface area contributed by atoms with Gasteiger partial charge in [-0.15, -0.1) is 11.3 Å². The monoisotopic (exact) mass is 292 g/mol. The molecule has 0 unspecified atom stereocenters. The molecule has 1 N–H and O–H groups in total. The number of hydrogen-bond donors (Lipinski definition) is 1. The Balaban J connectivity index is 2.59. The van der Waals surface area contributed by atoms with Crippen LogP contribution in [0.4, 0.5) is 0 Å². The third-order valence-corrected chi connectivity index (χ3v) is 3.95. The molecule has 1 rings (SSSR count). The van der Waals surface area contributed by atoms with E-state index in [1.807, 2.05) is 17.3 Å². The van der Waals surface area contributed by atoms with Crippen molar-refractivity contribution in [1.29, 1.82) is 0 Å². The molecule has 0 saturated carbocycles. The molecule has 5 nitrogen and oxygen atoms in total. The predicted molar refractivity (Wildman–Crippen MR) is 73.3 cm³/mol. The molecular formula is C11H20N2O3S2. The summed E-state index contributed by atoms with van der Waals surface area (Å²) in [6.45, 7) is 4.63. The van der Waals surface area contributed by atoms with Gasteiger partial charge in [0.25, 0.3) is 0 Å². The maximum Gasteiger partial charge on any atom is 0.153 e. The van der Waals surface area contributed by atoms with Gasteiger partial charge in [0, 0.05) is 24.7 Å². The predicted octanol–water partition coefficient (Wildman–Crippen LogP) is 0.890. The standard InChI is InChI=1S/C11H20N2O3S2/c1-11(2,14)8-13(3)5-9-6-17-10(12-9)7-18(4,15)16/h6,14H,5,7-8H2,1-4H3. The van der Waals surface area contributed by atoms with Crippen molar-refractivity contribution in [3.63, 3.8) is 0 Å². The highest BCUT2D eigenvalue weighted by atomic mass is 32.2. The van der Waals surface area contributed by atoms with E-state index in [4.69, 9.17) is 0 Å². The molecule has 0 amide bonds. The first-order valence-electron chi connectivity index (χ1n) is 5.57. The molecule has 0 aliphatic carbocycles. The summed E-state index contributed by atoms with van der Waals surface area (Å²) in [5.41, 5.74) is 0.0887. The van der Waals surface area contributed by atoms with Gasteiger partial charge >= 0.3 is 0 Å². The lowest BCUT2D eigenvalue weighted by molar-refractivity contribution is 0.0422. The van der Waals surface area contributed by atoms with Crippen LogP contribution >= 0.6 is 11.3 Å². The van der Waals surface area contributed by atoms with Crippen molar-refractivity contribution in [3.8, 4) is 0 Å². The first-order valence-corrected chi connectivity index (χ1v) is 8.51. The molecule has 0 atom stereocenters. The maximum absolute atomic E-state index is 11.1. The van der Waals surface area contributed by atoms with Gasteiger partial charge in [-0.25, -0.2) is 13.4 Å². The van der Waals surface area contributed by atoms with Gasteiger partial charge in [-0.3, -0.25) is 4.90 Å². The number of likely N-dealkylation sites (N-methyl/N-ethyl adjacent to an activating group) is 1. The van der Waals surface area contributed by atoms with Crippen LogP contribution in [0.25, 0.3) is 0 Å². The molecule has 0 fully saturated rings. The fraction of sp³-hybridized carbons (Fsp3) is 0.727. The molecule has 7 heteroatoms. The Kier molecular flexibility index (Phi) is 4.88. The second-order valence-electron chi connectivity index (χ2n) is 5.29. The zero-order chi connectivity index (χ0) is 14.0. The Morgan fingerprint density at radius 2 is 2.11 bits per heavy atom. The smallest absolute Gasteiger partial charge is 0.153 e. The fourth-order valence-electron chi connectivity index (χ4n) is 1.71. The van der Waals surface area contributed by atoms with Crippen molar-refractivity contribution in [2.75, 3.05) is 19.8 Å². The van der Waals surface area contributed by atoms with Gasteiger partial charge in [-0.05, 0) is 20.9 Å². The van der Waals surface area contributed by atoms with Crippen LogP contribution < -0.4 is 0 Å². The van der Waals surface area contributed by atoms with Crippen LogP contribution in [0.5, 0.6) is 0 Å². The van der Waals surface area contributed by atoms with Crippen molar-refractivity contribution >= 4 is 21.2 Å². The number of aliphatic hydroxyl groups is 1. The van der Waals surface area contributed by atoms with Gasteiger partial charge in [0.05, 0.1) is 11.3 Å². The van der Waals surface area contributed by atoms with Gasteiger partial charge in [0.2, 0.25) is 0 Å².